The number of carbonyl (C=O) groups excluding carboxylic acids is 1. The van der Waals surface area contributed by atoms with Gasteiger partial charge in [0, 0.05) is 16.8 Å². The molecule has 9 nitrogen and oxygen atoms in total. The van der Waals surface area contributed by atoms with E-state index in [0.717, 1.165) is 5.56 Å². The highest BCUT2D eigenvalue weighted by Gasteiger charge is 2.16. The van der Waals surface area contributed by atoms with Crippen molar-refractivity contribution in [2.75, 3.05) is 16.8 Å². The highest BCUT2D eigenvalue weighted by molar-refractivity contribution is 7.92. The Labute approximate surface area is 195 Å². The van der Waals surface area contributed by atoms with Gasteiger partial charge < -0.3 is 4.74 Å². The van der Waals surface area contributed by atoms with Crippen LogP contribution < -0.4 is 20.3 Å². The van der Waals surface area contributed by atoms with E-state index >= 15 is 0 Å². The number of benzene rings is 2. The Hall–Kier alpha value is -3.08. The van der Waals surface area contributed by atoms with E-state index < -0.39 is 15.9 Å². The molecule has 168 valence electrons. The van der Waals surface area contributed by atoms with Crippen molar-refractivity contribution in [1.82, 2.24) is 15.4 Å². The summed E-state index contributed by atoms with van der Waals surface area (Å²) in [5.41, 5.74) is 6.41. The Morgan fingerprint density at radius 2 is 1.75 bits per heavy atom. The van der Waals surface area contributed by atoms with Crippen molar-refractivity contribution < 1.29 is 17.9 Å². The Kier molecular flexibility index (Phi) is 7.39. The molecule has 3 aromatic rings. The molecule has 0 saturated carbocycles. The van der Waals surface area contributed by atoms with Gasteiger partial charge in [-0.05, 0) is 44.2 Å². The highest BCUT2D eigenvalue weighted by atomic mass is 35.5. The second-order valence-corrected chi connectivity index (χ2v) is 9.20. The summed E-state index contributed by atoms with van der Waals surface area (Å²) < 4.78 is 32.8. The molecule has 0 saturated heterocycles. The van der Waals surface area contributed by atoms with Crippen molar-refractivity contribution in [2.24, 2.45) is 0 Å². The first-order valence-corrected chi connectivity index (χ1v) is 11.4. The molecule has 12 heteroatoms. The molecule has 1 amide bonds. The fourth-order valence-corrected chi connectivity index (χ4v) is 3.89. The van der Waals surface area contributed by atoms with Crippen molar-refractivity contribution >= 4 is 50.9 Å². The van der Waals surface area contributed by atoms with Gasteiger partial charge in [0.25, 0.3) is 15.9 Å². The number of anilines is 2. The van der Waals surface area contributed by atoms with Gasteiger partial charge in [-0.2, -0.15) is 4.98 Å². The van der Waals surface area contributed by atoms with Gasteiger partial charge >= 0.3 is 0 Å². The molecular weight excluding hydrogens is 477 g/mol. The highest BCUT2D eigenvalue weighted by Crippen LogP contribution is 2.27. The Balaban J connectivity index is 1.61. The van der Waals surface area contributed by atoms with Gasteiger partial charge in [0.15, 0.2) is 6.61 Å². The number of aromatic nitrogens is 2. The number of rotatable bonds is 8. The first kappa shape index (κ1) is 23.6. The fourth-order valence-electron chi connectivity index (χ4n) is 2.48. The number of halogens is 2. The second kappa shape index (κ2) is 10.0. The lowest BCUT2D eigenvalue weighted by molar-refractivity contribution is -0.122. The molecule has 0 bridgehead atoms. The molecule has 0 radical (unpaired) electrons. The fraction of sp³-hybridized carbons (Fsp3) is 0.150. The van der Waals surface area contributed by atoms with Crippen LogP contribution in [-0.2, 0) is 14.8 Å². The van der Waals surface area contributed by atoms with Crippen LogP contribution in [0.15, 0.2) is 53.4 Å². The van der Waals surface area contributed by atoms with Crippen LogP contribution >= 0.6 is 23.2 Å². The van der Waals surface area contributed by atoms with Crippen LogP contribution in [0, 0.1) is 13.8 Å². The summed E-state index contributed by atoms with van der Waals surface area (Å²) in [7, 11) is -3.87. The van der Waals surface area contributed by atoms with Gasteiger partial charge in [-0.3, -0.25) is 15.6 Å². The molecule has 0 unspecified atom stereocenters. The Morgan fingerprint density at radius 3 is 2.44 bits per heavy atom. The predicted octanol–water partition coefficient (Wildman–Crippen LogP) is 3.72. The number of nitrogens with zero attached hydrogens (tertiary/aromatic N) is 2. The summed E-state index contributed by atoms with van der Waals surface area (Å²) in [5, 5.41) is 0.719. The van der Waals surface area contributed by atoms with Gasteiger partial charge in [0.05, 0.1) is 9.92 Å². The number of carbonyl (C=O) groups is 1. The molecule has 2 aromatic carbocycles. The Bertz CT molecular complexity index is 1240. The van der Waals surface area contributed by atoms with Gasteiger partial charge in [-0.25, -0.2) is 18.1 Å². The van der Waals surface area contributed by atoms with E-state index in [4.69, 9.17) is 27.9 Å². The number of sulfonamides is 1. The molecule has 3 N–H and O–H groups in total. The zero-order valence-corrected chi connectivity index (χ0v) is 19.3. The van der Waals surface area contributed by atoms with Crippen LogP contribution in [0.2, 0.25) is 10.0 Å². The number of aryl methyl sites for hydroxylation is 2. The largest absolute Gasteiger partial charge is 0.482 e. The van der Waals surface area contributed by atoms with Crippen LogP contribution in [0.4, 0.5) is 11.8 Å². The molecule has 0 fully saturated rings. The predicted molar refractivity (Wildman–Crippen MR) is 122 cm³/mol. The minimum absolute atomic E-state index is 0.0778. The van der Waals surface area contributed by atoms with Crippen molar-refractivity contribution in [3.05, 3.63) is 69.8 Å². The number of ether oxygens (including phenoxy) is 1. The molecule has 0 atom stereocenters. The van der Waals surface area contributed by atoms with E-state index in [1.54, 1.807) is 31.2 Å². The molecule has 3 rings (SSSR count). The van der Waals surface area contributed by atoms with E-state index in [1.807, 2.05) is 6.92 Å². The van der Waals surface area contributed by atoms with Crippen molar-refractivity contribution in [2.45, 2.75) is 18.7 Å². The summed E-state index contributed by atoms with van der Waals surface area (Å²) in [6.45, 7) is 3.18. The van der Waals surface area contributed by atoms with E-state index in [2.05, 4.69) is 25.5 Å². The molecule has 0 aliphatic rings. The van der Waals surface area contributed by atoms with E-state index in [9.17, 15) is 13.2 Å². The lowest BCUT2D eigenvalue weighted by Gasteiger charge is -2.12. The summed E-state index contributed by atoms with van der Waals surface area (Å²) in [6.07, 6.45) is 0. The maximum absolute atomic E-state index is 12.6. The minimum Gasteiger partial charge on any atom is -0.482 e. The first-order chi connectivity index (χ1) is 15.1. The molecule has 0 spiro atoms. The monoisotopic (exact) mass is 495 g/mol. The number of hydrazine groups is 1. The van der Waals surface area contributed by atoms with Gasteiger partial charge in [-0.1, -0.05) is 40.9 Å². The number of hydrogen-bond donors (Lipinski definition) is 3. The SMILES string of the molecule is Cc1ccc(S(=O)(=O)Nc2nc(C)cc(NNC(=O)COc3ccc(Cl)cc3Cl)n2)cc1. The number of hydrogen-bond acceptors (Lipinski definition) is 7. The summed E-state index contributed by atoms with van der Waals surface area (Å²) in [5.74, 6) is -0.186. The third-order valence-corrected chi connectivity index (χ3v) is 5.87. The number of nitrogens with one attached hydrogen (secondary N) is 3. The summed E-state index contributed by atoms with van der Waals surface area (Å²) in [6, 6.07) is 12.5. The molecule has 1 heterocycles. The van der Waals surface area contributed by atoms with E-state index in [0.29, 0.717) is 16.5 Å². The third-order valence-electron chi connectivity index (χ3n) is 3.99. The quantitative estimate of drug-likeness (QED) is 0.407. The zero-order chi connectivity index (χ0) is 23.3. The average molecular weight is 496 g/mol. The Morgan fingerprint density at radius 1 is 1.03 bits per heavy atom. The summed E-state index contributed by atoms with van der Waals surface area (Å²) in [4.78, 5) is 20.3. The second-order valence-electron chi connectivity index (χ2n) is 6.67. The molecular formula is C20H19Cl2N5O4S. The van der Waals surface area contributed by atoms with Crippen LogP contribution in [0.25, 0.3) is 0 Å². The third kappa shape index (κ3) is 6.46. The van der Waals surface area contributed by atoms with Crippen LogP contribution in [-0.4, -0.2) is 30.9 Å². The molecule has 0 aliphatic carbocycles. The lowest BCUT2D eigenvalue weighted by atomic mass is 10.2. The smallest absolute Gasteiger partial charge is 0.276 e. The van der Waals surface area contributed by atoms with Crippen molar-refractivity contribution in [3.8, 4) is 5.75 Å². The molecule has 32 heavy (non-hydrogen) atoms. The average Bonchev–Trinajstić information content (AvgIpc) is 2.71. The topological polar surface area (TPSA) is 122 Å². The van der Waals surface area contributed by atoms with Crippen molar-refractivity contribution in [3.63, 3.8) is 0 Å². The first-order valence-electron chi connectivity index (χ1n) is 9.20. The van der Waals surface area contributed by atoms with Gasteiger partial charge in [0.2, 0.25) is 5.95 Å². The normalized spacial score (nSPS) is 11.0. The standard InChI is InChI=1S/C20H19Cl2N5O4S/c1-12-3-6-15(7-4-12)32(29,30)27-20-23-13(2)9-18(24-20)25-26-19(28)11-31-17-8-5-14(21)10-16(17)22/h3-10H,11H2,1-2H3,(H,26,28)(H2,23,24,25,27). The van der Waals surface area contributed by atoms with E-state index in [1.165, 1.54) is 24.3 Å². The number of amides is 1. The lowest BCUT2D eigenvalue weighted by Crippen LogP contribution is -2.34. The minimum atomic E-state index is -3.87. The molecule has 0 aliphatic heterocycles. The maximum Gasteiger partial charge on any atom is 0.276 e. The molecule has 1 aromatic heterocycles. The van der Waals surface area contributed by atoms with Crippen molar-refractivity contribution in [1.29, 1.82) is 0 Å². The maximum atomic E-state index is 12.6. The summed E-state index contributed by atoms with van der Waals surface area (Å²) >= 11 is 11.8. The van der Waals surface area contributed by atoms with Crippen LogP contribution in [0.1, 0.15) is 11.3 Å². The zero-order valence-electron chi connectivity index (χ0n) is 17.0. The van der Waals surface area contributed by atoms with Crippen LogP contribution in [0.5, 0.6) is 5.75 Å². The van der Waals surface area contributed by atoms with Gasteiger partial charge in [0.1, 0.15) is 11.6 Å². The van der Waals surface area contributed by atoms with Crippen LogP contribution in [0.3, 0.4) is 0 Å². The van der Waals surface area contributed by atoms with E-state index in [-0.39, 0.29) is 28.3 Å². The van der Waals surface area contributed by atoms with Gasteiger partial charge in [-0.15, -0.1) is 0 Å².